The van der Waals surface area contributed by atoms with Crippen molar-refractivity contribution in [3.63, 3.8) is 0 Å². The molecule has 6 heteroatoms. The van der Waals surface area contributed by atoms with E-state index in [9.17, 15) is 15.0 Å². The van der Waals surface area contributed by atoms with Gasteiger partial charge in [-0.1, -0.05) is 42.5 Å². The molecule has 6 nitrogen and oxygen atoms in total. The van der Waals surface area contributed by atoms with Crippen LogP contribution in [0.25, 0.3) is 11.3 Å². The summed E-state index contributed by atoms with van der Waals surface area (Å²) in [7, 11) is 0. The molecular weight excluding hydrogens is 366 g/mol. The van der Waals surface area contributed by atoms with Gasteiger partial charge in [-0.2, -0.15) is 10.2 Å². The molecular formula is C23H23N3O3. The Morgan fingerprint density at radius 1 is 1.03 bits per heavy atom. The zero-order valence-corrected chi connectivity index (χ0v) is 16.0. The highest BCUT2D eigenvalue weighted by Gasteiger charge is 2.41. The molecule has 0 unspecified atom stereocenters. The van der Waals surface area contributed by atoms with E-state index in [1.54, 1.807) is 24.4 Å². The van der Waals surface area contributed by atoms with Crippen LogP contribution in [0.1, 0.15) is 18.4 Å². The fraction of sp³-hybridized carbons (Fsp3) is 0.261. The molecule has 1 saturated heterocycles. The number of piperidine rings is 1. The fourth-order valence-corrected chi connectivity index (χ4v) is 4.00. The third-order valence-corrected chi connectivity index (χ3v) is 5.74. The van der Waals surface area contributed by atoms with Gasteiger partial charge < -0.3 is 15.1 Å². The van der Waals surface area contributed by atoms with E-state index < -0.39 is 11.4 Å². The molecule has 1 aliphatic rings. The second kappa shape index (κ2) is 7.91. The zero-order chi connectivity index (χ0) is 20.3. The average molecular weight is 389 g/mol. The van der Waals surface area contributed by atoms with Gasteiger partial charge in [0.1, 0.15) is 5.75 Å². The van der Waals surface area contributed by atoms with Crippen molar-refractivity contribution in [3.05, 3.63) is 72.4 Å². The van der Waals surface area contributed by atoms with Crippen LogP contribution in [0, 0.1) is 5.41 Å². The number of phenolic OH excluding ortho intramolecular Hbond substituents is 1. The number of anilines is 1. The maximum Gasteiger partial charge on any atom is 0.310 e. The van der Waals surface area contributed by atoms with Gasteiger partial charge in [-0.15, -0.1) is 0 Å². The van der Waals surface area contributed by atoms with Gasteiger partial charge in [-0.05, 0) is 43.0 Å². The summed E-state index contributed by atoms with van der Waals surface area (Å²) in [6.07, 6.45) is 3.35. The Bertz CT molecular complexity index is 999. The molecule has 2 heterocycles. The second-order valence-electron chi connectivity index (χ2n) is 7.55. The molecule has 0 spiro atoms. The fourth-order valence-electron chi connectivity index (χ4n) is 4.00. The minimum absolute atomic E-state index is 0.158. The van der Waals surface area contributed by atoms with E-state index in [0.29, 0.717) is 43.6 Å². The van der Waals surface area contributed by atoms with Crippen molar-refractivity contribution >= 4 is 11.7 Å². The summed E-state index contributed by atoms with van der Waals surface area (Å²) in [6.45, 7) is 1.26. The van der Waals surface area contributed by atoms with Gasteiger partial charge in [0.05, 0.1) is 23.0 Å². The summed E-state index contributed by atoms with van der Waals surface area (Å²) in [6, 6.07) is 18.7. The Hall–Kier alpha value is -3.41. The van der Waals surface area contributed by atoms with Gasteiger partial charge in [0, 0.05) is 18.7 Å². The molecule has 148 valence electrons. The highest BCUT2D eigenvalue weighted by molar-refractivity contribution is 5.76. The maximum absolute atomic E-state index is 12.1. The molecule has 2 N–H and O–H groups in total. The van der Waals surface area contributed by atoms with Gasteiger partial charge in [-0.3, -0.25) is 4.79 Å². The van der Waals surface area contributed by atoms with Gasteiger partial charge >= 0.3 is 5.97 Å². The van der Waals surface area contributed by atoms with E-state index in [4.69, 9.17) is 0 Å². The first kappa shape index (κ1) is 18.9. The lowest BCUT2D eigenvalue weighted by Gasteiger charge is -2.40. The lowest BCUT2D eigenvalue weighted by atomic mass is 9.73. The van der Waals surface area contributed by atoms with Crippen LogP contribution in [-0.2, 0) is 11.2 Å². The van der Waals surface area contributed by atoms with Gasteiger partial charge in [0.25, 0.3) is 0 Å². The van der Waals surface area contributed by atoms with E-state index in [-0.39, 0.29) is 5.75 Å². The molecule has 0 radical (unpaired) electrons. The third kappa shape index (κ3) is 3.92. The Labute approximate surface area is 169 Å². The van der Waals surface area contributed by atoms with E-state index >= 15 is 0 Å². The van der Waals surface area contributed by atoms with Crippen molar-refractivity contribution in [2.45, 2.75) is 19.3 Å². The number of aromatic nitrogens is 2. The summed E-state index contributed by atoms with van der Waals surface area (Å²) in [4.78, 5) is 14.3. The van der Waals surface area contributed by atoms with E-state index in [2.05, 4.69) is 15.1 Å². The Balaban J connectivity index is 1.52. The van der Waals surface area contributed by atoms with Crippen LogP contribution in [0.2, 0.25) is 0 Å². The lowest BCUT2D eigenvalue weighted by Crippen LogP contribution is -2.45. The minimum Gasteiger partial charge on any atom is -0.507 e. The molecule has 1 fully saturated rings. The minimum atomic E-state index is -0.751. The first-order chi connectivity index (χ1) is 14.1. The van der Waals surface area contributed by atoms with Crippen molar-refractivity contribution in [1.82, 2.24) is 10.2 Å². The van der Waals surface area contributed by atoms with E-state index in [1.807, 2.05) is 42.5 Å². The summed E-state index contributed by atoms with van der Waals surface area (Å²) in [5.74, 6) is -0.575. The first-order valence-electron chi connectivity index (χ1n) is 9.71. The van der Waals surface area contributed by atoms with Crippen LogP contribution >= 0.6 is 0 Å². The quantitative estimate of drug-likeness (QED) is 0.691. The van der Waals surface area contributed by atoms with Crippen LogP contribution in [0.15, 0.2) is 66.9 Å². The molecule has 0 saturated carbocycles. The number of aliphatic carboxylic acids is 1. The van der Waals surface area contributed by atoms with Gasteiger partial charge in [0.2, 0.25) is 0 Å². The van der Waals surface area contributed by atoms with Gasteiger partial charge in [0.15, 0.2) is 0 Å². The smallest absolute Gasteiger partial charge is 0.310 e. The molecule has 0 atom stereocenters. The number of phenols is 1. The molecule has 29 heavy (non-hydrogen) atoms. The third-order valence-electron chi connectivity index (χ3n) is 5.74. The van der Waals surface area contributed by atoms with Crippen LogP contribution in [0.4, 0.5) is 5.69 Å². The van der Waals surface area contributed by atoms with E-state index in [1.165, 1.54) is 0 Å². The SMILES string of the molecule is O=C(O)C1(Cc2ccccc2)CCN(c2cnnc(-c3ccccc3O)c2)CC1. The molecule has 0 aliphatic carbocycles. The van der Waals surface area contributed by atoms with Crippen LogP contribution in [0.5, 0.6) is 5.75 Å². The highest BCUT2D eigenvalue weighted by Crippen LogP contribution is 2.37. The maximum atomic E-state index is 12.1. The largest absolute Gasteiger partial charge is 0.507 e. The van der Waals surface area contributed by atoms with E-state index in [0.717, 1.165) is 11.3 Å². The zero-order valence-electron chi connectivity index (χ0n) is 16.0. The number of carboxylic acids is 1. The average Bonchev–Trinajstić information content (AvgIpc) is 2.75. The Kier molecular flexibility index (Phi) is 5.16. The highest BCUT2D eigenvalue weighted by atomic mass is 16.4. The number of rotatable bonds is 5. The van der Waals surface area contributed by atoms with Gasteiger partial charge in [-0.25, -0.2) is 0 Å². The molecule has 0 bridgehead atoms. The number of hydrogen-bond donors (Lipinski definition) is 2. The molecule has 2 aromatic carbocycles. The summed E-state index contributed by atoms with van der Waals surface area (Å²) < 4.78 is 0. The monoisotopic (exact) mass is 389 g/mol. The number of carboxylic acid groups (broad SMARTS) is 1. The van der Waals surface area contributed by atoms with Crippen molar-refractivity contribution < 1.29 is 15.0 Å². The number of aromatic hydroxyl groups is 1. The summed E-state index contributed by atoms with van der Waals surface area (Å²) in [5, 5.41) is 28.3. The first-order valence-corrected chi connectivity index (χ1v) is 9.71. The van der Waals surface area contributed by atoms with Crippen LogP contribution < -0.4 is 4.90 Å². The lowest BCUT2D eigenvalue weighted by molar-refractivity contribution is -0.150. The molecule has 1 aliphatic heterocycles. The van der Waals surface area contributed by atoms with Crippen molar-refractivity contribution in [2.75, 3.05) is 18.0 Å². The van der Waals surface area contributed by atoms with Crippen molar-refractivity contribution in [3.8, 4) is 17.0 Å². The standard InChI is InChI=1S/C23H23N3O3/c27-21-9-5-4-8-19(21)20-14-18(16-24-25-20)26-12-10-23(11-13-26,22(28)29)15-17-6-2-1-3-7-17/h1-9,14,16,27H,10-13,15H2,(H,28,29). The second-order valence-corrected chi connectivity index (χ2v) is 7.55. The molecule has 1 aromatic heterocycles. The van der Waals surface area contributed by atoms with Crippen LogP contribution in [-0.4, -0.2) is 39.5 Å². The number of carbonyl (C=O) groups is 1. The molecule has 4 rings (SSSR count). The van der Waals surface area contributed by atoms with Crippen molar-refractivity contribution in [2.24, 2.45) is 5.41 Å². The summed E-state index contributed by atoms with van der Waals surface area (Å²) >= 11 is 0. The summed E-state index contributed by atoms with van der Waals surface area (Å²) in [5.41, 5.74) is 2.41. The number of nitrogens with zero attached hydrogens (tertiary/aromatic N) is 3. The number of hydrogen-bond acceptors (Lipinski definition) is 5. The predicted molar refractivity (Wildman–Crippen MR) is 111 cm³/mol. The number of para-hydroxylation sites is 1. The Morgan fingerprint density at radius 3 is 2.41 bits per heavy atom. The molecule has 3 aromatic rings. The molecule has 0 amide bonds. The number of benzene rings is 2. The normalized spacial score (nSPS) is 15.8. The predicted octanol–water partition coefficient (Wildman–Crippen LogP) is 3.76. The Morgan fingerprint density at radius 2 is 1.72 bits per heavy atom. The van der Waals surface area contributed by atoms with Crippen LogP contribution in [0.3, 0.4) is 0 Å². The van der Waals surface area contributed by atoms with Crippen molar-refractivity contribution in [1.29, 1.82) is 0 Å². The topological polar surface area (TPSA) is 86.5 Å².